The number of nitro groups is 1. The van der Waals surface area contributed by atoms with Crippen molar-refractivity contribution in [3.8, 4) is 11.5 Å². The number of non-ortho nitro benzene ring substituents is 1. The zero-order valence-electron chi connectivity index (χ0n) is 18.6. The molecule has 182 valence electrons. The quantitative estimate of drug-likeness (QED) is 0.160. The number of hydrogen-bond donors (Lipinski definition) is 2. The van der Waals surface area contributed by atoms with Gasteiger partial charge in [0.15, 0.2) is 11.5 Å². The number of rotatable bonds is 12. The molecule has 2 N–H and O–H groups in total. The summed E-state index contributed by atoms with van der Waals surface area (Å²) in [6, 6.07) is 16.7. The van der Waals surface area contributed by atoms with E-state index in [0.29, 0.717) is 43.3 Å². The smallest absolute Gasteiger partial charge is 0.269 e. The second-order valence-corrected chi connectivity index (χ2v) is 7.98. The van der Waals surface area contributed by atoms with Crippen LogP contribution in [0.25, 0.3) is 0 Å². The van der Waals surface area contributed by atoms with E-state index in [2.05, 4.69) is 26.6 Å². The van der Waals surface area contributed by atoms with Gasteiger partial charge in [-0.15, -0.1) is 12.4 Å². The Kier molecular flexibility index (Phi) is 11.1. The van der Waals surface area contributed by atoms with Crippen molar-refractivity contribution < 1.29 is 18.8 Å². The number of nitrogens with one attached hydrogen (secondary N) is 2. The molecule has 3 aromatic carbocycles. The molecule has 7 nitrogen and oxygen atoms in total. The fourth-order valence-electron chi connectivity index (χ4n) is 3.12. The summed E-state index contributed by atoms with van der Waals surface area (Å²) in [5, 5.41) is 17.3. The summed E-state index contributed by atoms with van der Waals surface area (Å²) in [6.45, 7) is 4.40. The van der Waals surface area contributed by atoms with Gasteiger partial charge in [-0.1, -0.05) is 18.2 Å². The summed E-state index contributed by atoms with van der Waals surface area (Å²) >= 11 is 3.54. The number of nitro benzene ring substituents is 1. The van der Waals surface area contributed by atoms with Gasteiger partial charge in [0.05, 0.1) is 16.0 Å². The molecule has 0 heterocycles. The van der Waals surface area contributed by atoms with E-state index in [1.54, 1.807) is 30.3 Å². The van der Waals surface area contributed by atoms with Crippen LogP contribution in [0.3, 0.4) is 0 Å². The minimum Gasteiger partial charge on any atom is -0.490 e. The van der Waals surface area contributed by atoms with Crippen LogP contribution >= 0.6 is 28.3 Å². The van der Waals surface area contributed by atoms with Crippen LogP contribution in [0.4, 0.5) is 15.8 Å². The zero-order valence-corrected chi connectivity index (χ0v) is 21.0. The van der Waals surface area contributed by atoms with Gasteiger partial charge < -0.3 is 20.1 Å². The highest BCUT2D eigenvalue weighted by Crippen LogP contribution is 2.37. The number of halogens is 3. The molecule has 3 rings (SSSR count). The lowest BCUT2D eigenvalue weighted by Gasteiger charge is -2.16. The third-order valence-corrected chi connectivity index (χ3v) is 5.33. The van der Waals surface area contributed by atoms with Gasteiger partial charge in [0, 0.05) is 43.0 Å². The van der Waals surface area contributed by atoms with Crippen molar-refractivity contribution in [1.82, 2.24) is 5.32 Å². The van der Waals surface area contributed by atoms with E-state index in [9.17, 15) is 14.5 Å². The van der Waals surface area contributed by atoms with Gasteiger partial charge in [0.2, 0.25) is 0 Å². The van der Waals surface area contributed by atoms with Crippen molar-refractivity contribution in [2.45, 2.75) is 20.1 Å². The Morgan fingerprint density at radius 1 is 1.06 bits per heavy atom. The molecular formula is C24H26BrClFN3O4. The minimum atomic E-state index is -0.420. The largest absolute Gasteiger partial charge is 0.490 e. The van der Waals surface area contributed by atoms with Crippen LogP contribution in [0, 0.1) is 15.9 Å². The lowest BCUT2D eigenvalue weighted by atomic mass is 10.2. The van der Waals surface area contributed by atoms with E-state index in [4.69, 9.17) is 9.47 Å². The average Bonchev–Trinajstić information content (AvgIpc) is 2.80. The highest BCUT2D eigenvalue weighted by Gasteiger charge is 2.13. The van der Waals surface area contributed by atoms with E-state index in [1.165, 1.54) is 18.2 Å². The van der Waals surface area contributed by atoms with Crippen LogP contribution < -0.4 is 20.1 Å². The van der Waals surface area contributed by atoms with E-state index < -0.39 is 4.92 Å². The Morgan fingerprint density at radius 2 is 1.79 bits per heavy atom. The summed E-state index contributed by atoms with van der Waals surface area (Å²) in [6.07, 6.45) is 0. The number of benzene rings is 3. The Hall–Kier alpha value is -2.88. The molecule has 34 heavy (non-hydrogen) atoms. The summed E-state index contributed by atoms with van der Waals surface area (Å²) in [7, 11) is 0. The molecule has 0 radical (unpaired) electrons. The van der Waals surface area contributed by atoms with Gasteiger partial charge in [-0.05, 0) is 58.7 Å². The van der Waals surface area contributed by atoms with Crippen LogP contribution in [0.1, 0.15) is 18.1 Å². The molecule has 0 aromatic heterocycles. The molecule has 0 amide bonds. The maximum absolute atomic E-state index is 13.9. The van der Waals surface area contributed by atoms with E-state index in [-0.39, 0.29) is 30.5 Å². The second-order valence-electron chi connectivity index (χ2n) is 7.13. The summed E-state index contributed by atoms with van der Waals surface area (Å²) in [5.41, 5.74) is 2.35. The molecule has 0 fully saturated rings. The molecule has 0 aliphatic carbocycles. The molecule has 0 bridgehead atoms. The maximum atomic E-state index is 13.9. The molecule has 0 saturated carbocycles. The van der Waals surface area contributed by atoms with Crippen LogP contribution in [0.15, 0.2) is 65.1 Å². The fraction of sp³-hybridized carbons (Fsp3) is 0.250. The Labute approximate surface area is 212 Å². The first kappa shape index (κ1) is 27.4. The van der Waals surface area contributed by atoms with Gasteiger partial charge in [-0.2, -0.15) is 0 Å². The zero-order chi connectivity index (χ0) is 23.6. The monoisotopic (exact) mass is 553 g/mol. The Balaban J connectivity index is 0.00000408. The third-order valence-electron chi connectivity index (χ3n) is 4.74. The highest BCUT2D eigenvalue weighted by molar-refractivity contribution is 9.10. The molecular weight excluding hydrogens is 529 g/mol. The third kappa shape index (κ3) is 7.86. The van der Waals surface area contributed by atoms with Crippen molar-refractivity contribution in [1.29, 1.82) is 0 Å². The molecule has 0 aliphatic heterocycles. The Bertz CT molecular complexity index is 1090. The van der Waals surface area contributed by atoms with Crippen molar-refractivity contribution >= 4 is 39.7 Å². The normalized spacial score (nSPS) is 10.3. The van der Waals surface area contributed by atoms with Gasteiger partial charge in [-0.3, -0.25) is 10.1 Å². The SMILES string of the molecule is CCOc1cc(CNCCNc2ccc([N+](=O)[O-])cc2)cc(Br)c1OCc1ccccc1F.Cl. The summed E-state index contributed by atoms with van der Waals surface area (Å²) in [4.78, 5) is 10.3. The molecule has 0 unspecified atom stereocenters. The standard InChI is InChI=1S/C24H25BrFN3O4.ClH/c1-2-32-23-14-17(13-21(25)24(23)33-16-18-5-3-4-6-22(18)26)15-27-11-12-28-19-7-9-20(10-8-19)29(30)31;/h3-10,13-14,27-28H,2,11-12,15-16H2,1H3;1H. The number of nitrogens with zero attached hydrogens (tertiary/aromatic N) is 1. The molecule has 3 aromatic rings. The van der Waals surface area contributed by atoms with E-state index >= 15 is 0 Å². The van der Waals surface area contributed by atoms with Gasteiger partial charge in [-0.25, -0.2) is 4.39 Å². The molecule has 10 heteroatoms. The predicted molar refractivity (Wildman–Crippen MR) is 137 cm³/mol. The Morgan fingerprint density at radius 3 is 2.47 bits per heavy atom. The maximum Gasteiger partial charge on any atom is 0.269 e. The molecule has 0 spiro atoms. The topological polar surface area (TPSA) is 85.7 Å². The lowest BCUT2D eigenvalue weighted by molar-refractivity contribution is -0.384. The summed E-state index contributed by atoms with van der Waals surface area (Å²) in [5.74, 6) is 0.808. The van der Waals surface area contributed by atoms with Gasteiger partial charge >= 0.3 is 0 Å². The number of hydrogen-bond acceptors (Lipinski definition) is 6. The molecule has 0 saturated heterocycles. The van der Waals surface area contributed by atoms with Crippen molar-refractivity contribution in [2.75, 3.05) is 25.0 Å². The predicted octanol–water partition coefficient (Wildman–Crippen LogP) is 6.10. The first-order valence-electron chi connectivity index (χ1n) is 10.5. The minimum absolute atomic E-state index is 0. The van der Waals surface area contributed by atoms with Gasteiger partial charge in [0.25, 0.3) is 5.69 Å². The van der Waals surface area contributed by atoms with Gasteiger partial charge in [0.1, 0.15) is 12.4 Å². The molecule has 0 atom stereocenters. The van der Waals surface area contributed by atoms with Crippen LogP contribution in [-0.4, -0.2) is 24.6 Å². The van der Waals surface area contributed by atoms with Crippen molar-refractivity contribution in [3.63, 3.8) is 0 Å². The van der Waals surface area contributed by atoms with E-state index in [0.717, 1.165) is 15.7 Å². The first-order chi connectivity index (χ1) is 16.0. The lowest BCUT2D eigenvalue weighted by Crippen LogP contribution is -2.21. The van der Waals surface area contributed by atoms with Crippen LogP contribution in [0.2, 0.25) is 0 Å². The van der Waals surface area contributed by atoms with Crippen LogP contribution in [0.5, 0.6) is 11.5 Å². The number of anilines is 1. The van der Waals surface area contributed by atoms with Crippen molar-refractivity contribution in [2.24, 2.45) is 0 Å². The highest BCUT2D eigenvalue weighted by atomic mass is 79.9. The van der Waals surface area contributed by atoms with Crippen LogP contribution in [-0.2, 0) is 13.2 Å². The first-order valence-corrected chi connectivity index (χ1v) is 11.3. The summed E-state index contributed by atoms with van der Waals surface area (Å²) < 4.78 is 26.3. The second kappa shape index (κ2) is 13.7. The fourth-order valence-corrected chi connectivity index (χ4v) is 3.72. The average molecular weight is 555 g/mol. The number of ether oxygens (including phenoxy) is 2. The van der Waals surface area contributed by atoms with E-state index in [1.807, 2.05) is 19.1 Å². The molecule has 0 aliphatic rings. The van der Waals surface area contributed by atoms with Crippen molar-refractivity contribution in [3.05, 3.63) is 92.2 Å².